The summed E-state index contributed by atoms with van der Waals surface area (Å²) in [5.74, 6) is 2.75. The third-order valence-electron chi connectivity index (χ3n) is 4.86. The van der Waals surface area contributed by atoms with Crippen LogP contribution >= 0.6 is 35.7 Å². The van der Waals surface area contributed by atoms with Gasteiger partial charge in [0.15, 0.2) is 5.96 Å². The second-order valence-electron chi connectivity index (χ2n) is 7.09. The third-order valence-corrected chi connectivity index (χ3v) is 5.47. The van der Waals surface area contributed by atoms with E-state index in [1.807, 2.05) is 25.1 Å². The molecule has 0 radical (unpaired) electrons. The van der Waals surface area contributed by atoms with Gasteiger partial charge in [-0.05, 0) is 37.3 Å². The Morgan fingerprint density at radius 1 is 1.16 bits per heavy atom. The van der Waals surface area contributed by atoms with Gasteiger partial charge in [-0.1, -0.05) is 24.3 Å². The molecule has 0 saturated heterocycles. The minimum atomic E-state index is -0.394. The van der Waals surface area contributed by atoms with E-state index in [4.69, 9.17) is 0 Å². The number of aryl methyl sites for hydroxylation is 2. The molecule has 0 aliphatic rings. The molecule has 3 aromatic rings. The number of rotatable bonds is 10. The summed E-state index contributed by atoms with van der Waals surface area (Å²) in [5.41, 5.74) is 3.20. The minimum absolute atomic E-state index is 0. The van der Waals surface area contributed by atoms with Gasteiger partial charge >= 0.3 is 0 Å². The van der Waals surface area contributed by atoms with Crippen molar-refractivity contribution in [2.45, 2.75) is 26.4 Å². The molecule has 0 unspecified atom stereocenters. The molecule has 0 atom stereocenters. The molecule has 1 heterocycles. The Balaban J connectivity index is 0.00000363. The number of aromatic nitrogens is 2. The number of guanidine groups is 1. The maximum absolute atomic E-state index is 10.8. The molecule has 1 aromatic heterocycles. The molecule has 0 spiro atoms. The number of halogens is 1. The number of benzene rings is 2. The maximum Gasteiger partial charge on any atom is 0.269 e. The Labute approximate surface area is 209 Å². The zero-order valence-corrected chi connectivity index (χ0v) is 21.4. The number of hydrogen-bond acceptors (Lipinski definition) is 5. The smallest absolute Gasteiger partial charge is 0.269 e. The van der Waals surface area contributed by atoms with Gasteiger partial charge in [-0.15, -0.1) is 24.0 Å². The average molecular weight is 568 g/mol. The van der Waals surface area contributed by atoms with Gasteiger partial charge in [0.2, 0.25) is 0 Å². The van der Waals surface area contributed by atoms with E-state index in [2.05, 4.69) is 37.5 Å². The summed E-state index contributed by atoms with van der Waals surface area (Å²) in [6, 6.07) is 14.7. The summed E-state index contributed by atoms with van der Waals surface area (Å²) in [5, 5.41) is 17.5. The molecule has 32 heavy (non-hydrogen) atoms. The summed E-state index contributed by atoms with van der Waals surface area (Å²) < 4.78 is 2.24. The van der Waals surface area contributed by atoms with E-state index in [-0.39, 0.29) is 29.7 Å². The molecular weight excluding hydrogens is 539 g/mol. The van der Waals surface area contributed by atoms with Crippen molar-refractivity contribution in [1.29, 1.82) is 0 Å². The number of nitro groups is 1. The predicted octanol–water partition coefficient (Wildman–Crippen LogP) is 4.36. The van der Waals surface area contributed by atoms with Crippen molar-refractivity contribution in [2.24, 2.45) is 4.99 Å². The molecule has 0 aliphatic carbocycles. The van der Waals surface area contributed by atoms with Crippen LogP contribution in [0.25, 0.3) is 11.0 Å². The van der Waals surface area contributed by atoms with Crippen molar-refractivity contribution in [3.8, 4) is 0 Å². The van der Waals surface area contributed by atoms with Crippen molar-refractivity contribution < 1.29 is 4.92 Å². The van der Waals surface area contributed by atoms with Crippen LogP contribution in [0.3, 0.4) is 0 Å². The Kier molecular flexibility index (Phi) is 10.7. The Morgan fingerprint density at radius 2 is 1.88 bits per heavy atom. The molecule has 2 N–H and O–H groups in total. The number of hydrogen-bond donors (Lipinski definition) is 2. The van der Waals surface area contributed by atoms with Crippen LogP contribution in [-0.4, -0.2) is 45.5 Å². The first kappa shape index (κ1) is 25.9. The van der Waals surface area contributed by atoms with Crippen LogP contribution in [-0.2, 0) is 13.1 Å². The summed E-state index contributed by atoms with van der Waals surface area (Å²) in [7, 11) is 0. The first-order chi connectivity index (χ1) is 15.1. The van der Waals surface area contributed by atoms with E-state index in [9.17, 15) is 10.1 Å². The normalized spacial score (nSPS) is 11.2. The fraction of sp³-hybridized carbons (Fsp3) is 0.364. The summed E-state index contributed by atoms with van der Waals surface area (Å²) in [4.78, 5) is 19.7. The van der Waals surface area contributed by atoms with E-state index >= 15 is 0 Å². The first-order valence-electron chi connectivity index (χ1n) is 10.2. The predicted molar refractivity (Wildman–Crippen MR) is 143 cm³/mol. The number of imidazole rings is 1. The number of nitro benzene ring substituents is 1. The van der Waals surface area contributed by atoms with E-state index in [0.717, 1.165) is 60.2 Å². The number of thioether (sulfide) groups is 1. The molecule has 0 aliphatic heterocycles. The number of nitrogens with one attached hydrogen (secondary N) is 2. The molecule has 0 fully saturated rings. The Hall–Kier alpha value is -2.34. The van der Waals surface area contributed by atoms with Gasteiger partial charge in [-0.3, -0.25) is 10.1 Å². The topological polar surface area (TPSA) is 97.4 Å². The Morgan fingerprint density at radius 3 is 2.59 bits per heavy atom. The van der Waals surface area contributed by atoms with E-state index in [1.54, 1.807) is 23.9 Å². The molecule has 0 bridgehead atoms. The van der Waals surface area contributed by atoms with Gasteiger partial charge in [0, 0.05) is 37.5 Å². The van der Waals surface area contributed by atoms with Crippen molar-refractivity contribution in [3.05, 3.63) is 70.0 Å². The molecule has 10 heteroatoms. The first-order valence-corrected chi connectivity index (χ1v) is 11.6. The molecule has 0 amide bonds. The number of aliphatic imine (C=N–C) groups is 1. The fourth-order valence-electron chi connectivity index (χ4n) is 3.26. The van der Waals surface area contributed by atoms with Crippen LogP contribution in [0.5, 0.6) is 0 Å². The largest absolute Gasteiger partial charge is 0.356 e. The lowest BCUT2D eigenvalue weighted by Crippen LogP contribution is -2.39. The maximum atomic E-state index is 10.8. The number of non-ortho nitro benzene ring substituents is 1. The highest BCUT2D eigenvalue weighted by atomic mass is 127. The molecule has 3 rings (SSSR count). The number of nitrogens with zero attached hydrogens (tertiary/aromatic N) is 4. The Bertz CT molecular complexity index is 1040. The lowest BCUT2D eigenvalue weighted by molar-refractivity contribution is -0.384. The highest BCUT2D eigenvalue weighted by molar-refractivity contribution is 14.0. The molecular formula is C22H29IN6O2S. The molecule has 8 nitrogen and oxygen atoms in total. The molecule has 2 aromatic carbocycles. The van der Waals surface area contributed by atoms with Gasteiger partial charge in [-0.25, -0.2) is 9.98 Å². The van der Waals surface area contributed by atoms with Crippen LogP contribution in [0.15, 0.2) is 53.5 Å². The van der Waals surface area contributed by atoms with Gasteiger partial charge < -0.3 is 15.2 Å². The second-order valence-corrected chi connectivity index (χ2v) is 8.07. The summed E-state index contributed by atoms with van der Waals surface area (Å²) in [6.45, 7) is 4.96. The van der Waals surface area contributed by atoms with Crippen molar-refractivity contribution in [1.82, 2.24) is 20.2 Å². The van der Waals surface area contributed by atoms with Crippen LogP contribution in [0, 0.1) is 17.0 Å². The van der Waals surface area contributed by atoms with Crippen LogP contribution < -0.4 is 10.6 Å². The number of fused-ring (bicyclic) bond motifs is 1. The fourth-order valence-corrected chi connectivity index (χ4v) is 3.57. The standard InChI is InChI=1S/C22H28N6O2S.HI/c1-17-26-20-6-3-4-7-21(20)27(17)14-5-12-23-22(24-13-15-31-2)25-16-18-8-10-19(11-9-18)28(29)30;/h3-4,6-11H,5,12-16H2,1-2H3,(H2,23,24,25);1H. The van der Waals surface area contributed by atoms with E-state index in [0.29, 0.717) is 6.54 Å². The van der Waals surface area contributed by atoms with E-state index < -0.39 is 4.92 Å². The summed E-state index contributed by atoms with van der Waals surface area (Å²) in [6.07, 6.45) is 3.00. The van der Waals surface area contributed by atoms with Gasteiger partial charge in [0.05, 0.1) is 22.5 Å². The zero-order valence-electron chi connectivity index (χ0n) is 18.3. The van der Waals surface area contributed by atoms with E-state index in [1.165, 1.54) is 12.1 Å². The molecule has 0 saturated carbocycles. The molecule has 172 valence electrons. The lowest BCUT2D eigenvalue weighted by atomic mass is 10.2. The van der Waals surface area contributed by atoms with Gasteiger partial charge in [0.25, 0.3) is 5.69 Å². The van der Waals surface area contributed by atoms with Crippen molar-refractivity contribution >= 4 is 58.4 Å². The van der Waals surface area contributed by atoms with Gasteiger partial charge in [-0.2, -0.15) is 11.8 Å². The average Bonchev–Trinajstić information content (AvgIpc) is 3.09. The third kappa shape index (κ3) is 7.37. The monoisotopic (exact) mass is 568 g/mol. The lowest BCUT2D eigenvalue weighted by Gasteiger charge is -2.13. The minimum Gasteiger partial charge on any atom is -0.356 e. The summed E-state index contributed by atoms with van der Waals surface area (Å²) >= 11 is 1.77. The van der Waals surface area contributed by atoms with Crippen LogP contribution in [0.2, 0.25) is 0 Å². The highest BCUT2D eigenvalue weighted by Crippen LogP contribution is 2.15. The quantitative estimate of drug-likeness (QED) is 0.0943. The van der Waals surface area contributed by atoms with Crippen molar-refractivity contribution in [3.63, 3.8) is 0 Å². The van der Waals surface area contributed by atoms with Crippen LogP contribution in [0.1, 0.15) is 17.8 Å². The SMILES string of the molecule is CSCCNC(=NCc1ccc([N+](=O)[O-])cc1)NCCCn1c(C)nc2ccccc21.I. The number of para-hydroxylation sites is 2. The highest BCUT2D eigenvalue weighted by Gasteiger charge is 2.07. The zero-order chi connectivity index (χ0) is 22.1. The van der Waals surface area contributed by atoms with Crippen molar-refractivity contribution in [2.75, 3.05) is 25.1 Å². The van der Waals surface area contributed by atoms with Crippen LogP contribution in [0.4, 0.5) is 5.69 Å². The second kappa shape index (κ2) is 13.3. The van der Waals surface area contributed by atoms with Gasteiger partial charge in [0.1, 0.15) is 5.82 Å².